The molecule has 6 nitrogen and oxygen atoms in total. The Labute approximate surface area is 116 Å². The fourth-order valence-electron chi connectivity index (χ4n) is 2.13. The van der Waals surface area contributed by atoms with Crippen LogP contribution in [-0.4, -0.2) is 48.3 Å². The van der Waals surface area contributed by atoms with Crippen LogP contribution < -0.4 is 10.6 Å². The van der Waals surface area contributed by atoms with Gasteiger partial charge < -0.3 is 20.1 Å². The van der Waals surface area contributed by atoms with Crippen molar-refractivity contribution in [3.05, 3.63) is 24.0 Å². The maximum Gasteiger partial charge on any atom is 0.266 e. The van der Waals surface area contributed by atoms with Gasteiger partial charge in [-0.1, -0.05) is 0 Å². The fraction of sp³-hybridized carbons (Fsp3) is 0.385. The number of hydrogen-bond donors (Lipinski definition) is 1. The molecular weight excluding hydrogens is 261 g/mol. The van der Waals surface area contributed by atoms with Crippen molar-refractivity contribution in [2.24, 2.45) is 0 Å². The minimum atomic E-state index is -0.484. The molecule has 0 amide bonds. The van der Waals surface area contributed by atoms with E-state index in [-0.39, 0.29) is 5.69 Å². The van der Waals surface area contributed by atoms with Crippen LogP contribution in [0.1, 0.15) is 0 Å². The molecule has 0 atom stereocenters. The molecule has 1 fully saturated rings. The maximum atomic E-state index is 13.4. The zero-order chi connectivity index (χ0) is 14.1. The Bertz CT molecular complexity index is 607. The van der Waals surface area contributed by atoms with E-state index in [1.165, 1.54) is 12.1 Å². The number of rotatable bonds is 2. The van der Waals surface area contributed by atoms with Gasteiger partial charge in [0.25, 0.3) is 11.8 Å². The fourth-order valence-corrected chi connectivity index (χ4v) is 2.13. The SMILES string of the molecule is CN1CCN(c2noc(-c3ccc(N)c(F)c3)n2)CC1. The summed E-state index contributed by atoms with van der Waals surface area (Å²) in [7, 11) is 2.08. The Morgan fingerprint density at radius 2 is 2.00 bits per heavy atom. The Morgan fingerprint density at radius 3 is 2.70 bits per heavy atom. The summed E-state index contributed by atoms with van der Waals surface area (Å²) in [5.41, 5.74) is 6.08. The van der Waals surface area contributed by atoms with Gasteiger partial charge >= 0.3 is 0 Å². The summed E-state index contributed by atoms with van der Waals surface area (Å²) in [5, 5.41) is 3.96. The van der Waals surface area contributed by atoms with Crippen LogP contribution in [0.2, 0.25) is 0 Å². The van der Waals surface area contributed by atoms with Gasteiger partial charge in [-0.15, -0.1) is 0 Å². The Kier molecular flexibility index (Phi) is 3.27. The minimum absolute atomic E-state index is 0.104. The standard InChI is InChI=1S/C13H16FN5O/c1-18-4-6-19(7-5-18)13-16-12(20-17-13)9-2-3-11(15)10(14)8-9/h2-3,8H,4-7,15H2,1H3. The third-order valence-electron chi connectivity index (χ3n) is 3.45. The van der Waals surface area contributed by atoms with Crippen molar-refractivity contribution in [2.45, 2.75) is 0 Å². The van der Waals surface area contributed by atoms with Gasteiger partial charge in [-0.05, 0) is 30.4 Å². The number of nitrogens with two attached hydrogens (primary N) is 1. The zero-order valence-electron chi connectivity index (χ0n) is 11.2. The first kappa shape index (κ1) is 12.9. The first-order valence-corrected chi connectivity index (χ1v) is 6.46. The van der Waals surface area contributed by atoms with Crippen LogP contribution in [0.25, 0.3) is 11.5 Å². The van der Waals surface area contributed by atoms with Crippen molar-refractivity contribution >= 4 is 11.6 Å². The zero-order valence-corrected chi connectivity index (χ0v) is 11.2. The highest BCUT2D eigenvalue weighted by Crippen LogP contribution is 2.23. The number of benzene rings is 1. The molecule has 0 saturated carbocycles. The highest BCUT2D eigenvalue weighted by Gasteiger charge is 2.19. The van der Waals surface area contributed by atoms with E-state index in [1.807, 2.05) is 0 Å². The molecule has 3 rings (SSSR count). The highest BCUT2D eigenvalue weighted by molar-refractivity contribution is 5.58. The van der Waals surface area contributed by atoms with E-state index < -0.39 is 5.82 Å². The molecule has 1 aliphatic rings. The van der Waals surface area contributed by atoms with E-state index in [4.69, 9.17) is 10.3 Å². The predicted octanol–water partition coefficient (Wildman–Crippen LogP) is 1.21. The number of anilines is 2. The summed E-state index contributed by atoms with van der Waals surface area (Å²) in [4.78, 5) is 8.62. The Morgan fingerprint density at radius 1 is 1.25 bits per heavy atom. The van der Waals surface area contributed by atoms with Gasteiger partial charge in [-0.2, -0.15) is 4.98 Å². The molecule has 2 N–H and O–H groups in total. The first-order chi connectivity index (χ1) is 9.63. The Hall–Kier alpha value is -2.15. The van der Waals surface area contributed by atoms with Crippen molar-refractivity contribution in [1.29, 1.82) is 0 Å². The maximum absolute atomic E-state index is 13.4. The van der Waals surface area contributed by atoms with Crippen LogP contribution in [0, 0.1) is 5.82 Å². The van der Waals surface area contributed by atoms with Gasteiger partial charge in [0, 0.05) is 31.7 Å². The van der Waals surface area contributed by atoms with Crippen molar-refractivity contribution in [3.63, 3.8) is 0 Å². The molecule has 1 aromatic heterocycles. The van der Waals surface area contributed by atoms with Crippen LogP contribution in [0.4, 0.5) is 16.0 Å². The van der Waals surface area contributed by atoms with Crippen molar-refractivity contribution < 1.29 is 8.91 Å². The van der Waals surface area contributed by atoms with Gasteiger partial charge in [-0.25, -0.2) is 4.39 Å². The molecule has 106 valence electrons. The summed E-state index contributed by atoms with van der Waals surface area (Å²) in [5.74, 6) is 0.366. The van der Waals surface area contributed by atoms with Crippen LogP contribution in [0.3, 0.4) is 0 Å². The summed E-state index contributed by atoms with van der Waals surface area (Å²) < 4.78 is 18.6. The van der Waals surface area contributed by atoms with Gasteiger partial charge in [0.1, 0.15) is 5.82 Å². The van der Waals surface area contributed by atoms with E-state index in [0.29, 0.717) is 17.4 Å². The number of piperazine rings is 1. The van der Waals surface area contributed by atoms with E-state index in [0.717, 1.165) is 26.2 Å². The van der Waals surface area contributed by atoms with Crippen molar-refractivity contribution in [1.82, 2.24) is 15.0 Å². The normalized spacial score (nSPS) is 16.6. The van der Waals surface area contributed by atoms with Crippen molar-refractivity contribution in [2.75, 3.05) is 43.9 Å². The second-order valence-electron chi connectivity index (χ2n) is 4.93. The molecule has 1 aromatic carbocycles. The first-order valence-electron chi connectivity index (χ1n) is 6.46. The lowest BCUT2D eigenvalue weighted by Crippen LogP contribution is -2.44. The number of aromatic nitrogens is 2. The number of halogens is 1. The number of likely N-dealkylation sites (N-methyl/N-ethyl adjacent to an activating group) is 1. The quantitative estimate of drug-likeness (QED) is 0.832. The third kappa shape index (κ3) is 2.44. The van der Waals surface area contributed by atoms with Crippen molar-refractivity contribution in [3.8, 4) is 11.5 Å². The number of nitrogen functional groups attached to an aromatic ring is 1. The molecule has 0 spiro atoms. The monoisotopic (exact) mass is 277 g/mol. The molecule has 0 radical (unpaired) electrons. The van der Waals surface area contributed by atoms with Gasteiger partial charge in [-0.3, -0.25) is 0 Å². The van der Waals surface area contributed by atoms with E-state index >= 15 is 0 Å². The molecule has 0 aliphatic carbocycles. The lowest BCUT2D eigenvalue weighted by atomic mass is 10.2. The largest absolute Gasteiger partial charge is 0.396 e. The summed E-state index contributed by atoms with van der Waals surface area (Å²) >= 11 is 0. The summed E-state index contributed by atoms with van der Waals surface area (Å²) in [6.07, 6.45) is 0. The van der Waals surface area contributed by atoms with E-state index in [2.05, 4.69) is 27.0 Å². The van der Waals surface area contributed by atoms with Crippen LogP contribution in [0.15, 0.2) is 22.7 Å². The summed E-state index contributed by atoms with van der Waals surface area (Å²) in [6.45, 7) is 3.62. The number of nitrogens with zero attached hydrogens (tertiary/aromatic N) is 4. The molecule has 2 heterocycles. The molecule has 20 heavy (non-hydrogen) atoms. The second-order valence-corrected chi connectivity index (χ2v) is 4.93. The third-order valence-corrected chi connectivity index (χ3v) is 3.45. The van der Waals surface area contributed by atoms with Crippen LogP contribution >= 0.6 is 0 Å². The highest BCUT2D eigenvalue weighted by atomic mass is 19.1. The van der Waals surface area contributed by atoms with Gasteiger partial charge in [0.05, 0.1) is 5.69 Å². The smallest absolute Gasteiger partial charge is 0.266 e. The van der Waals surface area contributed by atoms with Gasteiger partial charge in [0.2, 0.25) is 0 Å². The van der Waals surface area contributed by atoms with Gasteiger partial charge in [0.15, 0.2) is 0 Å². The molecule has 0 bridgehead atoms. The number of hydrogen-bond acceptors (Lipinski definition) is 6. The predicted molar refractivity (Wildman–Crippen MR) is 73.8 cm³/mol. The second kappa shape index (κ2) is 5.09. The minimum Gasteiger partial charge on any atom is -0.396 e. The molecule has 2 aromatic rings. The molecule has 1 aliphatic heterocycles. The van der Waals surface area contributed by atoms with E-state index in [9.17, 15) is 4.39 Å². The lowest BCUT2D eigenvalue weighted by Gasteiger charge is -2.31. The molecule has 0 unspecified atom stereocenters. The average Bonchev–Trinajstić information content (AvgIpc) is 2.92. The summed E-state index contributed by atoms with van der Waals surface area (Å²) in [6, 6.07) is 4.46. The molecule has 1 saturated heterocycles. The molecule has 7 heteroatoms. The lowest BCUT2D eigenvalue weighted by molar-refractivity contribution is 0.309. The topological polar surface area (TPSA) is 71.4 Å². The van der Waals surface area contributed by atoms with E-state index in [1.54, 1.807) is 6.07 Å². The Balaban J connectivity index is 1.81. The molecular formula is C13H16FN5O. The van der Waals surface area contributed by atoms with Crippen LogP contribution in [0.5, 0.6) is 0 Å². The van der Waals surface area contributed by atoms with Crippen LogP contribution in [-0.2, 0) is 0 Å². The average molecular weight is 277 g/mol.